The van der Waals surface area contributed by atoms with Gasteiger partial charge in [-0.3, -0.25) is 4.90 Å². The van der Waals surface area contributed by atoms with Gasteiger partial charge in [0.15, 0.2) is 0 Å². The van der Waals surface area contributed by atoms with E-state index in [0.717, 1.165) is 40.8 Å². The zero-order chi connectivity index (χ0) is 14.1. The van der Waals surface area contributed by atoms with Gasteiger partial charge >= 0.3 is 0 Å². The summed E-state index contributed by atoms with van der Waals surface area (Å²) in [6.45, 7) is 7.61. The van der Waals surface area contributed by atoms with Gasteiger partial charge < -0.3 is 4.52 Å². The predicted molar refractivity (Wildman–Crippen MR) is 83.5 cm³/mol. The number of halogens is 1. The van der Waals surface area contributed by atoms with Crippen LogP contribution in [0.25, 0.3) is 10.7 Å². The summed E-state index contributed by atoms with van der Waals surface area (Å²) in [6.07, 6.45) is 1.31. The fourth-order valence-electron chi connectivity index (χ4n) is 2.96. The molecule has 0 saturated carbocycles. The molecule has 0 aliphatic carbocycles. The molecule has 1 saturated heterocycles. The van der Waals surface area contributed by atoms with Crippen molar-refractivity contribution in [3.63, 3.8) is 0 Å². The van der Waals surface area contributed by atoms with Crippen LogP contribution in [-0.4, -0.2) is 28.1 Å². The van der Waals surface area contributed by atoms with E-state index in [1.165, 1.54) is 6.42 Å². The molecule has 0 bridgehead atoms. The Kier molecular flexibility index (Phi) is 4.23. The van der Waals surface area contributed by atoms with E-state index in [0.29, 0.717) is 11.7 Å². The second-order valence-electron chi connectivity index (χ2n) is 5.78. The van der Waals surface area contributed by atoms with Gasteiger partial charge in [0.1, 0.15) is 0 Å². The van der Waals surface area contributed by atoms with Crippen molar-refractivity contribution < 1.29 is 4.52 Å². The van der Waals surface area contributed by atoms with Crippen LogP contribution in [0, 0.1) is 11.8 Å². The highest BCUT2D eigenvalue weighted by Gasteiger charge is 2.23. The normalized spacial score (nSPS) is 24.1. The smallest absolute Gasteiger partial charge is 0.241 e. The predicted octanol–water partition coefficient (Wildman–Crippen LogP) is 4.04. The third-order valence-electron chi connectivity index (χ3n) is 3.56. The van der Waals surface area contributed by atoms with Gasteiger partial charge in [-0.2, -0.15) is 4.98 Å². The van der Waals surface area contributed by atoms with Crippen molar-refractivity contribution >= 4 is 27.3 Å². The van der Waals surface area contributed by atoms with Crippen molar-refractivity contribution in [3.05, 3.63) is 21.8 Å². The molecule has 4 nitrogen and oxygen atoms in total. The van der Waals surface area contributed by atoms with Gasteiger partial charge in [0, 0.05) is 22.9 Å². The van der Waals surface area contributed by atoms with Gasteiger partial charge in [-0.25, -0.2) is 0 Å². The lowest BCUT2D eigenvalue weighted by Crippen LogP contribution is -2.38. The quantitative estimate of drug-likeness (QED) is 0.833. The number of hydrogen-bond acceptors (Lipinski definition) is 5. The molecule has 3 heterocycles. The largest absolute Gasteiger partial charge is 0.338 e. The molecule has 20 heavy (non-hydrogen) atoms. The summed E-state index contributed by atoms with van der Waals surface area (Å²) in [7, 11) is 0. The highest BCUT2D eigenvalue weighted by Crippen LogP contribution is 2.28. The van der Waals surface area contributed by atoms with Gasteiger partial charge in [-0.1, -0.05) is 19.0 Å². The van der Waals surface area contributed by atoms with Crippen LogP contribution in [0.5, 0.6) is 0 Å². The fraction of sp³-hybridized carbons (Fsp3) is 0.571. The average Bonchev–Trinajstić information content (AvgIpc) is 2.96. The van der Waals surface area contributed by atoms with Gasteiger partial charge in [0.2, 0.25) is 11.7 Å². The minimum Gasteiger partial charge on any atom is -0.338 e. The number of nitrogens with zero attached hydrogens (tertiary/aromatic N) is 3. The summed E-state index contributed by atoms with van der Waals surface area (Å²) in [5, 5.41) is 6.11. The van der Waals surface area contributed by atoms with Crippen LogP contribution in [-0.2, 0) is 6.54 Å². The average molecular weight is 356 g/mol. The van der Waals surface area contributed by atoms with Crippen molar-refractivity contribution in [2.24, 2.45) is 11.8 Å². The topological polar surface area (TPSA) is 42.2 Å². The number of piperidine rings is 1. The summed E-state index contributed by atoms with van der Waals surface area (Å²) in [5.74, 6) is 2.89. The van der Waals surface area contributed by atoms with E-state index in [2.05, 4.69) is 44.8 Å². The monoisotopic (exact) mass is 355 g/mol. The molecule has 3 rings (SSSR count). The van der Waals surface area contributed by atoms with Crippen LogP contribution in [0.1, 0.15) is 26.2 Å². The first kappa shape index (κ1) is 14.2. The lowest BCUT2D eigenvalue weighted by molar-refractivity contribution is 0.121. The van der Waals surface area contributed by atoms with E-state index < -0.39 is 0 Å². The molecule has 0 unspecified atom stereocenters. The lowest BCUT2D eigenvalue weighted by atomic mass is 9.92. The molecule has 0 spiro atoms. The molecule has 1 fully saturated rings. The van der Waals surface area contributed by atoms with E-state index in [-0.39, 0.29) is 0 Å². The third kappa shape index (κ3) is 3.30. The van der Waals surface area contributed by atoms with E-state index in [9.17, 15) is 0 Å². The molecule has 2 aromatic heterocycles. The molecular weight excluding hydrogens is 338 g/mol. The van der Waals surface area contributed by atoms with Gasteiger partial charge in [0.05, 0.1) is 11.4 Å². The summed E-state index contributed by atoms with van der Waals surface area (Å²) in [5.41, 5.74) is 0. The summed E-state index contributed by atoms with van der Waals surface area (Å²) in [4.78, 5) is 7.96. The van der Waals surface area contributed by atoms with Crippen LogP contribution in [0.2, 0.25) is 0 Å². The maximum Gasteiger partial charge on any atom is 0.241 e. The highest BCUT2D eigenvalue weighted by molar-refractivity contribution is 9.10. The lowest BCUT2D eigenvalue weighted by Gasteiger charge is -2.33. The Hall–Kier alpha value is -0.720. The van der Waals surface area contributed by atoms with Crippen molar-refractivity contribution in [1.82, 2.24) is 15.0 Å². The molecule has 0 aromatic carbocycles. The highest BCUT2D eigenvalue weighted by atomic mass is 79.9. The molecule has 0 amide bonds. The Balaban J connectivity index is 1.68. The van der Waals surface area contributed by atoms with Crippen LogP contribution >= 0.6 is 27.3 Å². The Morgan fingerprint density at radius 2 is 2.15 bits per heavy atom. The van der Waals surface area contributed by atoms with Crippen molar-refractivity contribution in [2.45, 2.75) is 26.8 Å². The maximum atomic E-state index is 5.39. The molecule has 108 valence electrons. The van der Waals surface area contributed by atoms with Gasteiger partial charge in [-0.05, 0) is 40.3 Å². The number of hydrogen-bond donors (Lipinski definition) is 0. The molecule has 6 heteroatoms. The Labute approximate surface area is 131 Å². The zero-order valence-corrected chi connectivity index (χ0v) is 14.1. The molecule has 0 N–H and O–H groups in total. The second kappa shape index (κ2) is 5.95. The number of thiophene rings is 1. The van der Waals surface area contributed by atoms with Crippen LogP contribution in [0.15, 0.2) is 20.4 Å². The Morgan fingerprint density at radius 1 is 1.40 bits per heavy atom. The standard InChI is InChI=1S/C14H18BrN3OS/c1-9-3-10(2)6-18(5-9)7-13-16-14(17-19-13)12-4-11(15)8-20-12/h4,8-10H,3,5-7H2,1-2H3/t9-,10-/m0/s1. The second-order valence-corrected chi connectivity index (χ2v) is 7.61. The molecule has 1 aliphatic rings. The van der Waals surface area contributed by atoms with E-state index in [1.54, 1.807) is 11.3 Å². The summed E-state index contributed by atoms with van der Waals surface area (Å²) >= 11 is 5.06. The fourth-order valence-corrected chi connectivity index (χ4v) is 4.31. The summed E-state index contributed by atoms with van der Waals surface area (Å²) < 4.78 is 6.45. The summed E-state index contributed by atoms with van der Waals surface area (Å²) in [6, 6.07) is 2.02. The molecule has 2 atom stereocenters. The molecular formula is C14H18BrN3OS. The number of likely N-dealkylation sites (tertiary alicyclic amines) is 1. The SMILES string of the molecule is C[C@H]1C[C@H](C)CN(Cc2nc(-c3cc(Br)cs3)no2)C1. The number of aromatic nitrogens is 2. The number of rotatable bonds is 3. The first-order valence-electron chi connectivity index (χ1n) is 6.89. The minimum absolute atomic E-state index is 0.689. The Morgan fingerprint density at radius 3 is 2.80 bits per heavy atom. The van der Waals surface area contributed by atoms with Gasteiger partial charge in [0.25, 0.3) is 0 Å². The third-order valence-corrected chi connectivity index (χ3v) is 5.25. The van der Waals surface area contributed by atoms with E-state index >= 15 is 0 Å². The molecule has 1 aliphatic heterocycles. The van der Waals surface area contributed by atoms with E-state index in [4.69, 9.17) is 4.52 Å². The van der Waals surface area contributed by atoms with Crippen LogP contribution in [0.4, 0.5) is 0 Å². The maximum absolute atomic E-state index is 5.39. The zero-order valence-electron chi connectivity index (χ0n) is 11.7. The van der Waals surface area contributed by atoms with Crippen molar-refractivity contribution in [1.29, 1.82) is 0 Å². The van der Waals surface area contributed by atoms with Gasteiger partial charge in [-0.15, -0.1) is 11.3 Å². The molecule has 2 aromatic rings. The van der Waals surface area contributed by atoms with Crippen LogP contribution in [0.3, 0.4) is 0 Å². The van der Waals surface area contributed by atoms with Crippen molar-refractivity contribution in [3.8, 4) is 10.7 Å². The first-order chi connectivity index (χ1) is 9.60. The molecule has 0 radical (unpaired) electrons. The Bertz CT molecular complexity index is 572. The first-order valence-corrected chi connectivity index (χ1v) is 8.56. The van der Waals surface area contributed by atoms with Crippen molar-refractivity contribution in [2.75, 3.05) is 13.1 Å². The van der Waals surface area contributed by atoms with Crippen LogP contribution < -0.4 is 0 Å². The minimum atomic E-state index is 0.689. The van der Waals surface area contributed by atoms with E-state index in [1.807, 2.05) is 11.4 Å².